The van der Waals surface area contributed by atoms with Crippen LogP contribution in [0.15, 0.2) is 58.5 Å². The molecule has 7 heteroatoms. The van der Waals surface area contributed by atoms with Gasteiger partial charge in [-0.05, 0) is 81.4 Å². The number of carbonyl (C=O) groups is 1. The zero-order chi connectivity index (χ0) is 23.1. The topological polar surface area (TPSA) is 39.1 Å². The second-order valence-electron chi connectivity index (χ2n) is 7.27. The third-order valence-corrected chi connectivity index (χ3v) is 6.72. The van der Waals surface area contributed by atoms with Gasteiger partial charge in [0, 0.05) is 37.6 Å². The van der Waals surface area contributed by atoms with Crippen molar-refractivity contribution in [1.29, 1.82) is 0 Å². The highest BCUT2D eigenvalue weighted by molar-refractivity contribution is 8.26. The van der Waals surface area contributed by atoms with Crippen LogP contribution in [0.1, 0.15) is 38.8 Å². The van der Waals surface area contributed by atoms with Gasteiger partial charge in [0.25, 0.3) is 5.91 Å². The summed E-state index contributed by atoms with van der Waals surface area (Å²) in [5.41, 5.74) is 4.24. The van der Waals surface area contributed by atoms with Crippen molar-refractivity contribution >= 4 is 57.9 Å². The molecule has 1 saturated heterocycles. The quantitative estimate of drug-likeness (QED) is 0.273. The molecule has 0 atom stereocenters. The van der Waals surface area contributed by atoms with Gasteiger partial charge in [0.1, 0.15) is 0 Å². The minimum absolute atomic E-state index is 0.191. The van der Waals surface area contributed by atoms with Gasteiger partial charge in [0.05, 0.1) is 11.1 Å². The zero-order valence-electron chi connectivity index (χ0n) is 19.1. The molecular formula is C25H30N4OS2. The number of thiocarbonyl (C=S) groups is 1. The second kappa shape index (κ2) is 11.3. The number of hydrogen-bond donors (Lipinski definition) is 0. The first kappa shape index (κ1) is 24.0. The Morgan fingerprint density at radius 3 is 1.78 bits per heavy atom. The Hall–Kier alpha value is -2.64. The maximum atomic E-state index is 12.9. The highest BCUT2D eigenvalue weighted by Crippen LogP contribution is 2.33. The zero-order valence-corrected chi connectivity index (χ0v) is 20.7. The van der Waals surface area contributed by atoms with E-state index in [1.807, 2.05) is 30.3 Å². The van der Waals surface area contributed by atoms with Crippen LogP contribution in [-0.2, 0) is 4.79 Å². The smallest absolute Gasteiger partial charge is 0.286 e. The Morgan fingerprint density at radius 1 is 0.844 bits per heavy atom. The summed E-state index contributed by atoms with van der Waals surface area (Å²) in [6.07, 6.45) is 3.55. The molecule has 0 bridgehead atoms. The molecule has 3 rings (SSSR count). The largest absolute Gasteiger partial charge is 0.372 e. The predicted molar refractivity (Wildman–Crippen MR) is 143 cm³/mol. The Balaban J connectivity index is 1.70. The molecule has 0 aliphatic carbocycles. The summed E-state index contributed by atoms with van der Waals surface area (Å²) in [5.74, 6) is -0.191. The van der Waals surface area contributed by atoms with E-state index >= 15 is 0 Å². The van der Waals surface area contributed by atoms with Gasteiger partial charge in [-0.1, -0.05) is 36.0 Å². The fraction of sp³-hybridized carbons (Fsp3) is 0.320. The third-order valence-electron chi connectivity index (χ3n) is 5.44. The van der Waals surface area contributed by atoms with E-state index in [9.17, 15) is 4.79 Å². The van der Waals surface area contributed by atoms with Gasteiger partial charge < -0.3 is 9.80 Å². The molecule has 2 aromatic rings. The lowest BCUT2D eigenvalue weighted by atomic mass is 10.1. The summed E-state index contributed by atoms with van der Waals surface area (Å²) >= 11 is 6.68. The Bertz CT molecular complexity index is 992. The van der Waals surface area contributed by atoms with Gasteiger partial charge in [0.2, 0.25) is 0 Å². The van der Waals surface area contributed by atoms with Crippen LogP contribution in [0.25, 0.3) is 6.08 Å². The van der Waals surface area contributed by atoms with E-state index in [1.54, 1.807) is 6.21 Å². The first-order valence-electron chi connectivity index (χ1n) is 11.0. The Kier molecular flexibility index (Phi) is 8.47. The molecule has 0 spiro atoms. The molecule has 0 N–H and O–H groups in total. The van der Waals surface area contributed by atoms with Gasteiger partial charge in [-0.15, -0.1) is 0 Å². The maximum Gasteiger partial charge on any atom is 0.286 e. The van der Waals surface area contributed by atoms with Crippen molar-refractivity contribution in [3.63, 3.8) is 0 Å². The van der Waals surface area contributed by atoms with Crippen molar-refractivity contribution in [2.45, 2.75) is 27.7 Å². The van der Waals surface area contributed by atoms with Crippen LogP contribution in [0.4, 0.5) is 11.4 Å². The van der Waals surface area contributed by atoms with Crippen LogP contribution in [-0.4, -0.2) is 47.6 Å². The molecule has 0 saturated carbocycles. The standard InChI is InChI=1S/C25H30N4OS2/c1-5-27(6-2)21-13-9-19(10-14-21)17-23-24(30)29(25(31)32-23)26-18-20-11-15-22(16-12-20)28(7-3)8-4/h9-18H,5-8H2,1-4H3/b23-17+,26-18+. The monoisotopic (exact) mass is 466 g/mol. The molecule has 0 unspecified atom stereocenters. The number of thioether (sulfide) groups is 1. The molecule has 1 aliphatic heterocycles. The Morgan fingerprint density at radius 2 is 1.31 bits per heavy atom. The summed E-state index contributed by atoms with van der Waals surface area (Å²) in [6, 6.07) is 16.4. The normalized spacial score (nSPS) is 15.2. The first-order chi connectivity index (χ1) is 15.5. The number of hydrogen-bond acceptors (Lipinski definition) is 6. The highest BCUT2D eigenvalue weighted by Gasteiger charge is 2.32. The lowest BCUT2D eigenvalue weighted by Gasteiger charge is -2.20. The lowest BCUT2D eigenvalue weighted by Crippen LogP contribution is -2.22. The van der Waals surface area contributed by atoms with Crippen LogP contribution in [0, 0.1) is 0 Å². The van der Waals surface area contributed by atoms with E-state index < -0.39 is 0 Å². The lowest BCUT2D eigenvalue weighted by molar-refractivity contribution is -0.122. The van der Waals surface area contributed by atoms with Crippen LogP contribution < -0.4 is 9.80 Å². The molecule has 0 radical (unpaired) electrons. The van der Waals surface area contributed by atoms with Crippen LogP contribution in [0.2, 0.25) is 0 Å². The van der Waals surface area contributed by atoms with E-state index in [1.165, 1.54) is 28.1 Å². The number of carbonyl (C=O) groups excluding carboxylic acids is 1. The van der Waals surface area contributed by atoms with E-state index in [0.29, 0.717) is 9.23 Å². The van der Waals surface area contributed by atoms with Crippen molar-refractivity contribution < 1.29 is 4.79 Å². The number of hydrazone groups is 1. The molecule has 1 fully saturated rings. The number of amides is 1. The molecular weight excluding hydrogens is 436 g/mol. The van der Waals surface area contributed by atoms with Crippen LogP contribution in [0.5, 0.6) is 0 Å². The third kappa shape index (κ3) is 5.58. The van der Waals surface area contributed by atoms with E-state index in [-0.39, 0.29) is 5.91 Å². The molecule has 0 aromatic heterocycles. The predicted octanol–water partition coefficient (Wildman–Crippen LogP) is 5.61. The second-order valence-corrected chi connectivity index (χ2v) is 8.94. The van der Waals surface area contributed by atoms with Crippen LogP contribution in [0.3, 0.4) is 0 Å². The minimum atomic E-state index is -0.191. The molecule has 1 amide bonds. The average molecular weight is 467 g/mol. The SMILES string of the molecule is CCN(CC)c1ccc(/C=N/N2C(=O)/C(=C\c3ccc(N(CC)CC)cc3)SC2=S)cc1. The van der Waals surface area contributed by atoms with Crippen LogP contribution >= 0.6 is 24.0 Å². The van der Waals surface area contributed by atoms with Crippen molar-refractivity contribution in [3.05, 3.63) is 64.6 Å². The van der Waals surface area contributed by atoms with Gasteiger partial charge in [0.15, 0.2) is 4.32 Å². The van der Waals surface area contributed by atoms with Gasteiger partial charge in [-0.3, -0.25) is 4.79 Å². The van der Waals surface area contributed by atoms with E-state index in [4.69, 9.17) is 12.2 Å². The molecule has 1 heterocycles. The average Bonchev–Trinajstić information content (AvgIpc) is 3.08. The fourth-order valence-corrected chi connectivity index (χ4v) is 4.74. The number of benzene rings is 2. The maximum absolute atomic E-state index is 12.9. The number of rotatable bonds is 9. The Labute approximate surface area is 200 Å². The first-order valence-corrected chi connectivity index (χ1v) is 12.2. The summed E-state index contributed by atoms with van der Waals surface area (Å²) in [5, 5.41) is 5.66. The van der Waals surface area contributed by atoms with Crippen molar-refractivity contribution in [2.75, 3.05) is 36.0 Å². The molecule has 5 nitrogen and oxygen atoms in total. The number of nitrogens with zero attached hydrogens (tertiary/aromatic N) is 4. The van der Waals surface area contributed by atoms with Gasteiger partial charge in [-0.2, -0.15) is 10.1 Å². The van der Waals surface area contributed by atoms with Crippen molar-refractivity contribution in [3.8, 4) is 0 Å². The van der Waals surface area contributed by atoms with Gasteiger partial charge >= 0.3 is 0 Å². The fourth-order valence-electron chi connectivity index (χ4n) is 3.56. The molecule has 2 aromatic carbocycles. The summed E-state index contributed by atoms with van der Waals surface area (Å²) in [7, 11) is 0. The van der Waals surface area contributed by atoms with Gasteiger partial charge in [-0.25, -0.2) is 0 Å². The van der Waals surface area contributed by atoms with Crippen molar-refractivity contribution in [2.24, 2.45) is 5.10 Å². The van der Waals surface area contributed by atoms with E-state index in [2.05, 4.69) is 66.9 Å². The number of anilines is 2. The van der Waals surface area contributed by atoms with Crippen molar-refractivity contribution in [1.82, 2.24) is 5.01 Å². The molecule has 32 heavy (non-hydrogen) atoms. The highest BCUT2D eigenvalue weighted by atomic mass is 32.2. The molecule has 1 aliphatic rings. The summed E-state index contributed by atoms with van der Waals surface area (Å²) in [6.45, 7) is 12.4. The minimum Gasteiger partial charge on any atom is -0.372 e. The summed E-state index contributed by atoms with van der Waals surface area (Å²) in [4.78, 5) is 18.0. The molecule has 168 valence electrons. The summed E-state index contributed by atoms with van der Waals surface area (Å²) < 4.78 is 0.442. The van der Waals surface area contributed by atoms with E-state index in [0.717, 1.165) is 37.3 Å².